The normalized spacial score (nSPS) is 13.8. The Labute approximate surface area is 219 Å². The van der Waals surface area contributed by atoms with E-state index in [9.17, 15) is 18.8 Å². The first-order valence-corrected chi connectivity index (χ1v) is 12.7. The third-order valence-electron chi connectivity index (χ3n) is 6.27. The number of H-pyrrole nitrogens is 1. The number of hydrogen-bond acceptors (Lipinski definition) is 5. The molecule has 10 heteroatoms. The van der Waals surface area contributed by atoms with E-state index in [1.807, 2.05) is 0 Å². The summed E-state index contributed by atoms with van der Waals surface area (Å²) in [6.45, 7) is 3.67. The van der Waals surface area contributed by atoms with E-state index in [0.717, 1.165) is 32.1 Å². The van der Waals surface area contributed by atoms with Gasteiger partial charge in [-0.2, -0.15) is 0 Å². The maximum absolute atomic E-state index is 13.2. The summed E-state index contributed by atoms with van der Waals surface area (Å²) in [5.74, 6) is -1.66. The molecule has 0 saturated carbocycles. The van der Waals surface area contributed by atoms with Crippen LogP contribution in [0, 0.1) is 5.82 Å². The smallest absolute Gasteiger partial charge is 0.276 e. The van der Waals surface area contributed by atoms with Crippen molar-refractivity contribution in [3.63, 3.8) is 0 Å². The summed E-state index contributed by atoms with van der Waals surface area (Å²) in [5, 5.41) is 5.64. The summed E-state index contributed by atoms with van der Waals surface area (Å²) in [6.07, 6.45) is 5.96. The number of anilines is 1. The molecular weight excluding hydrogens is 497 g/mol. The number of ketones is 1. The summed E-state index contributed by atoms with van der Waals surface area (Å²) < 4.78 is 13.2. The molecule has 37 heavy (non-hydrogen) atoms. The number of Topliss-reactive ketones (excluding diaryl/α,β-unsaturated/α-hetero) is 1. The molecule has 1 aliphatic heterocycles. The van der Waals surface area contributed by atoms with Crippen molar-refractivity contribution in [1.82, 2.24) is 20.2 Å². The minimum absolute atomic E-state index is 0.00117. The van der Waals surface area contributed by atoms with E-state index in [2.05, 4.69) is 25.5 Å². The quantitative estimate of drug-likeness (QED) is 0.267. The van der Waals surface area contributed by atoms with Crippen LogP contribution in [0.1, 0.15) is 62.6 Å². The molecule has 0 radical (unpaired) electrons. The summed E-state index contributed by atoms with van der Waals surface area (Å²) in [6, 6.07) is 10.4. The van der Waals surface area contributed by atoms with Gasteiger partial charge in [-0.15, -0.1) is 0 Å². The Bertz CT molecular complexity index is 1260. The highest BCUT2D eigenvalue weighted by atomic mass is 35.5. The molecule has 0 aliphatic carbocycles. The number of imidazole rings is 1. The van der Waals surface area contributed by atoms with E-state index in [1.54, 1.807) is 24.3 Å². The van der Waals surface area contributed by atoms with E-state index in [4.69, 9.17) is 11.6 Å². The number of halogens is 2. The number of aromatic nitrogens is 2. The number of benzene rings is 2. The third-order valence-corrected chi connectivity index (χ3v) is 6.59. The maximum Gasteiger partial charge on any atom is 0.276 e. The number of aromatic amines is 1. The molecule has 2 amide bonds. The second-order valence-corrected chi connectivity index (χ2v) is 9.42. The molecule has 1 aliphatic rings. The summed E-state index contributed by atoms with van der Waals surface area (Å²) in [5.41, 5.74) is 1.54. The Kier molecular flexibility index (Phi) is 9.03. The van der Waals surface area contributed by atoms with Gasteiger partial charge >= 0.3 is 0 Å². The number of likely N-dealkylation sites (tertiary alicyclic amines) is 1. The number of hydrogen-bond donors (Lipinski definition) is 3. The second-order valence-electron chi connectivity index (χ2n) is 9.01. The molecule has 0 atom stereocenters. The van der Waals surface area contributed by atoms with Crippen molar-refractivity contribution < 1.29 is 18.8 Å². The summed E-state index contributed by atoms with van der Waals surface area (Å²) >= 11 is 5.98. The Morgan fingerprint density at radius 1 is 1.03 bits per heavy atom. The van der Waals surface area contributed by atoms with Crippen molar-refractivity contribution in [2.75, 3.05) is 31.5 Å². The van der Waals surface area contributed by atoms with Gasteiger partial charge in [0, 0.05) is 24.2 Å². The topological polar surface area (TPSA) is 107 Å². The highest BCUT2D eigenvalue weighted by Crippen LogP contribution is 2.20. The molecule has 2 aromatic carbocycles. The van der Waals surface area contributed by atoms with Gasteiger partial charge in [-0.25, -0.2) is 9.37 Å². The zero-order valence-electron chi connectivity index (χ0n) is 20.4. The summed E-state index contributed by atoms with van der Waals surface area (Å²) in [4.78, 5) is 47.1. The van der Waals surface area contributed by atoms with Crippen LogP contribution in [0.25, 0.3) is 0 Å². The van der Waals surface area contributed by atoms with Gasteiger partial charge in [0.25, 0.3) is 11.8 Å². The van der Waals surface area contributed by atoms with Crippen LogP contribution in [0.15, 0.2) is 48.8 Å². The number of piperidine rings is 1. The van der Waals surface area contributed by atoms with Crippen LogP contribution in [-0.2, 0) is 6.42 Å². The van der Waals surface area contributed by atoms with Crippen molar-refractivity contribution >= 4 is 34.9 Å². The monoisotopic (exact) mass is 525 g/mol. The summed E-state index contributed by atoms with van der Waals surface area (Å²) in [7, 11) is 0. The fraction of sp³-hybridized carbons (Fsp3) is 0.333. The molecule has 3 N–H and O–H groups in total. The third kappa shape index (κ3) is 7.24. The Morgan fingerprint density at radius 2 is 1.78 bits per heavy atom. The molecule has 1 fully saturated rings. The molecule has 194 valence electrons. The molecule has 4 rings (SSSR count). The lowest BCUT2D eigenvalue weighted by Gasteiger charge is -2.26. The Morgan fingerprint density at radius 3 is 2.51 bits per heavy atom. The fourth-order valence-electron chi connectivity index (χ4n) is 4.31. The van der Waals surface area contributed by atoms with E-state index in [1.165, 1.54) is 37.7 Å². The van der Waals surface area contributed by atoms with Crippen molar-refractivity contribution in [2.24, 2.45) is 0 Å². The second kappa shape index (κ2) is 12.6. The van der Waals surface area contributed by atoms with Crippen LogP contribution in [0.3, 0.4) is 0 Å². The van der Waals surface area contributed by atoms with E-state index in [-0.39, 0.29) is 40.1 Å². The first-order valence-electron chi connectivity index (χ1n) is 12.3. The zero-order chi connectivity index (χ0) is 26.2. The van der Waals surface area contributed by atoms with Gasteiger partial charge in [0.1, 0.15) is 11.5 Å². The number of rotatable bonds is 10. The lowest BCUT2D eigenvalue weighted by molar-refractivity contribution is 0.0933. The molecule has 1 aromatic heterocycles. The van der Waals surface area contributed by atoms with Gasteiger partial charge in [-0.1, -0.05) is 30.2 Å². The van der Waals surface area contributed by atoms with E-state index < -0.39 is 11.7 Å². The van der Waals surface area contributed by atoms with Crippen molar-refractivity contribution in [2.45, 2.75) is 32.1 Å². The number of carbonyl (C=O) groups excluding carboxylic acids is 3. The molecule has 8 nitrogen and oxygen atoms in total. The van der Waals surface area contributed by atoms with Crippen LogP contribution >= 0.6 is 11.6 Å². The number of amides is 2. The molecule has 0 spiro atoms. The zero-order valence-corrected chi connectivity index (χ0v) is 21.1. The van der Waals surface area contributed by atoms with Crippen LogP contribution in [-0.4, -0.2) is 58.6 Å². The first kappa shape index (κ1) is 26.5. The molecular formula is C27H29ClFN5O3. The number of nitrogens with zero attached hydrogens (tertiary/aromatic N) is 2. The minimum atomic E-state index is -0.526. The Balaban J connectivity index is 1.28. The lowest BCUT2D eigenvalue weighted by atomic mass is 10.0. The standard InChI is InChI=1S/C27H29ClFN5O3/c28-22-16-19(29)7-10-21(22)23(35)15-18-5-8-20(9-6-18)33-27(37)25-24(31-17-32-25)26(36)30-11-4-14-34-12-2-1-3-13-34/h5-10,16-17H,1-4,11-15H2,(H,30,36)(H,31,32)(H,33,37). The van der Waals surface area contributed by atoms with Crippen LogP contribution in [0.5, 0.6) is 0 Å². The lowest BCUT2D eigenvalue weighted by Crippen LogP contribution is -2.33. The van der Waals surface area contributed by atoms with Crippen LogP contribution < -0.4 is 10.6 Å². The molecule has 0 bridgehead atoms. The van der Waals surface area contributed by atoms with Crippen LogP contribution in [0.2, 0.25) is 5.02 Å². The highest BCUT2D eigenvalue weighted by molar-refractivity contribution is 6.34. The van der Waals surface area contributed by atoms with Gasteiger partial charge in [0.15, 0.2) is 11.5 Å². The average Bonchev–Trinajstić information content (AvgIpc) is 3.39. The predicted molar refractivity (Wildman–Crippen MR) is 140 cm³/mol. The fourth-order valence-corrected chi connectivity index (χ4v) is 4.58. The van der Waals surface area contributed by atoms with Gasteiger partial charge in [0.05, 0.1) is 11.3 Å². The predicted octanol–water partition coefficient (Wildman–Crippen LogP) is 4.49. The number of carbonyl (C=O) groups is 3. The molecule has 1 saturated heterocycles. The maximum atomic E-state index is 13.2. The van der Waals surface area contributed by atoms with Crippen molar-refractivity contribution in [1.29, 1.82) is 0 Å². The van der Waals surface area contributed by atoms with Gasteiger partial charge in [-0.3, -0.25) is 14.4 Å². The number of nitrogens with one attached hydrogen (secondary N) is 3. The highest BCUT2D eigenvalue weighted by Gasteiger charge is 2.21. The van der Waals surface area contributed by atoms with E-state index >= 15 is 0 Å². The molecule has 0 unspecified atom stereocenters. The molecule has 2 heterocycles. The first-order chi connectivity index (χ1) is 17.9. The minimum Gasteiger partial charge on any atom is -0.351 e. The van der Waals surface area contributed by atoms with Gasteiger partial charge < -0.3 is 20.5 Å². The average molecular weight is 526 g/mol. The largest absolute Gasteiger partial charge is 0.351 e. The van der Waals surface area contributed by atoms with Crippen LogP contribution in [0.4, 0.5) is 10.1 Å². The van der Waals surface area contributed by atoms with E-state index in [0.29, 0.717) is 17.8 Å². The SMILES string of the molecule is O=C(Cc1ccc(NC(=O)c2nc[nH]c2C(=O)NCCCN2CCCCC2)cc1)c1ccc(F)cc1Cl. The van der Waals surface area contributed by atoms with Gasteiger partial charge in [0.2, 0.25) is 0 Å². The molecule has 3 aromatic rings. The van der Waals surface area contributed by atoms with Gasteiger partial charge in [-0.05, 0) is 74.8 Å². The Hall–Kier alpha value is -3.56. The van der Waals surface area contributed by atoms with Crippen molar-refractivity contribution in [3.05, 3.63) is 82.1 Å². The van der Waals surface area contributed by atoms with Crippen molar-refractivity contribution in [3.8, 4) is 0 Å².